The number of carboxylic acid groups (broad SMARTS) is 1. The van der Waals surface area contributed by atoms with Crippen LogP contribution >= 0.6 is 0 Å². The zero-order chi connectivity index (χ0) is 15.3. The molecular formula is C17H32N2O2. The minimum atomic E-state index is -0.669. The summed E-state index contributed by atoms with van der Waals surface area (Å²) in [5.74, 6) is 0.525. The Morgan fingerprint density at radius 2 is 2.10 bits per heavy atom. The topological polar surface area (TPSA) is 52.6 Å². The first kappa shape index (κ1) is 16.8. The second-order valence-corrected chi connectivity index (χ2v) is 6.95. The van der Waals surface area contributed by atoms with Gasteiger partial charge in [-0.15, -0.1) is 0 Å². The summed E-state index contributed by atoms with van der Waals surface area (Å²) in [4.78, 5) is 14.2. The third-order valence-electron chi connectivity index (χ3n) is 5.96. The highest BCUT2D eigenvalue weighted by atomic mass is 16.4. The van der Waals surface area contributed by atoms with Crippen LogP contribution in [0.2, 0.25) is 0 Å². The van der Waals surface area contributed by atoms with E-state index in [2.05, 4.69) is 17.1 Å². The quantitative estimate of drug-likeness (QED) is 0.791. The molecule has 0 aromatic heterocycles. The van der Waals surface area contributed by atoms with Crippen LogP contribution in [-0.2, 0) is 4.79 Å². The summed E-state index contributed by atoms with van der Waals surface area (Å²) < 4.78 is 0. The highest BCUT2D eigenvalue weighted by Gasteiger charge is 2.47. The van der Waals surface area contributed by atoms with Gasteiger partial charge in [-0.1, -0.05) is 19.8 Å². The minimum Gasteiger partial charge on any atom is -0.480 e. The Labute approximate surface area is 129 Å². The number of rotatable bonds is 6. The van der Waals surface area contributed by atoms with Crippen molar-refractivity contribution in [3.8, 4) is 0 Å². The lowest BCUT2D eigenvalue weighted by Gasteiger charge is -2.32. The van der Waals surface area contributed by atoms with Crippen LogP contribution in [0.4, 0.5) is 0 Å². The molecule has 1 aliphatic heterocycles. The lowest BCUT2D eigenvalue weighted by Crippen LogP contribution is -2.53. The third-order valence-corrected chi connectivity index (χ3v) is 5.96. The van der Waals surface area contributed by atoms with Crippen LogP contribution in [0.15, 0.2) is 0 Å². The fraction of sp³-hybridized carbons (Fsp3) is 0.941. The molecule has 3 atom stereocenters. The third kappa shape index (κ3) is 3.78. The van der Waals surface area contributed by atoms with E-state index in [1.54, 1.807) is 0 Å². The summed E-state index contributed by atoms with van der Waals surface area (Å²) in [5.41, 5.74) is -0.669. The predicted octanol–water partition coefficient (Wildman–Crippen LogP) is 2.73. The molecule has 0 spiro atoms. The molecule has 2 aliphatic rings. The molecule has 0 bridgehead atoms. The number of carbonyl (C=O) groups is 1. The molecule has 122 valence electrons. The van der Waals surface area contributed by atoms with Crippen molar-refractivity contribution in [3.05, 3.63) is 0 Å². The second-order valence-electron chi connectivity index (χ2n) is 6.95. The van der Waals surface area contributed by atoms with Crippen molar-refractivity contribution in [1.29, 1.82) is 0 Å². The highest BCUT2D eigenvalue weighted by molar-refractivity contribution is 5.79. The van der Waals surface area contributed by atoms with E-state index in [0.717, 1.165) is 38.1 Å². The summed E-state index contributed by atoms with van der Waals surface area (Å²) in [5, 5.41) is 12.7. The van der Waals surface area contributed by atoms with Crippen molar-refractivity contribution < 1.29 is 9.90 Å². The van der Waals surface area contributed by atoms with E-state index < -0.39 is 11.5 Å². The molecule has 1 saturated carbocycles. The Morgan fingerprint density at radius 3 is 2.76 bits per heavy atom. The van der Waals surface area contributed by atoms with Crippen LogP contribution in [0.3, 0.4) is 0 Å². The van der Waals surface area contributed by atoms with Gasteiger partial charge in [-0.3, -0.25) is 4.79 Å². The van der Waals surface area contributed by atoms with E-state index in [0.29, 0.717) is 0 Å². The summed E-state index contributed by atoms with van der Waals surface area (Å²) in [7, 11) is 1.81. The van der Waals surface area contributed by atoms with Gasteiger partial charge in [0.05, 0.1) is 0 Å². The van der Waals surface area contributed by atoms with Crippen molar-refractivity contribution in [2.24, 2.45) is 11.8 Å². The predicted molar refractivity (Wildman–Crippen MR) is 85.5 cm³/mol. The van der Waals surface area contributed by atoms with Gasteiger partial charge in [0.1, 0.15) is 5.54 Å². The Kier molecular flexibility index (Phi) is 6.06. The fourth-order valence-corrected chi connectivity index (χ4v) is 4.38. The molecule has 21 heavy (non-hydrogen) atoms. The summed E-state index contributed by atoms with van der Waals surface area (Å²) >= 11 is 0. The number of aliphatic carboxylic acids is 1. The maximum atomic E-state index is 11.7. The number of nitrogens with zero attached hydrogens (tertiary/aromatic N) is 1. The number of likely N-dealkylation sites (tertiary alicyclic amines) is 1. The van der Waals surface area contributed by atoms with Crippen molar-refractivity contribution in [3.63, 3.8) is 0 Å². The van der Waals surface area contributed by atoms with Crippen molar-refractivity contribution in [2.75, 3.05) is 26.7 Å². The Bertz CT molecular complexity index is 348. The van der Waals surface area contributed by atoms with Crippen LogP contribution < -0.4 is 5.32 Å². The Balaban J connectivity index is 1.86. The molecule has 2 N–H and O–H groups in total. The monoisotopic (exact) mass is 296 g/mol. The van der Waals surface area contributed by atoms with Gasteiger partial charge in [0.15, 0.2) is 0 Å². The van der Waals surface area contributed by atoms with Crippen molar-refractivity contribution >= 4 is 5.97 Å². The smallest absolute Gasteiger partial charge is 0.324 e. The molecule has 0 amide bonds. The number of hydrogen-bond acceptors (Lipinski definition) is 3. The van der Waals surface area contributed by atoms with Crippen LogP contribution in [-0.4, -0.2) is 48.2 Å². The van der Waals surface area contributed by atoms with Gasteiger partial charge in [0.25, 0.3) is 0 Å². The molecule has 0 aromatic rings. The van der Waals surface area contributed by atoms with Crippen LogP contribution in [0, 0.1) is 11.8 Å². The maximum Gasteiger partial charge on any atom is 0.324 e. The number of nitrogens with one attached hydrogen (secondary N) is 1. The molecule has 4 heteroatoms. The molecule has 0 radical (unpaired) electrons. The van der Waals surface area contributed by atoms with Crippen molar-refractivity contribution in [2.45, 2.75) is 63.8 Å². The van der Waals surface area contributed by atoms with E-state index >= 15 is 0 Å². The molecule has 2 fully saturated rings. The van der Waals surface area contributed by atoms with Gasteiger partial charge < -0.3 is 15.3 Å². The SMILES string of the molecule is CCC1CCCN(CCC2CCCC2(NC)C(=O)O)CC1. The molecule has 4 nitrogen and oxygen atoms in total. The molecule has 3 unspecified atom stereocenters. The molecule has 1 aliphatic carbocycles. The van der Waals surface area contributed by atoms with Gasteiger partial charge in [-0.2, -0.15) is 0 Å². The highest BCUT2D eigenvalue weighted by Crippen LogP contribution is 2.38. The summed E-state index contributed by atoms with van der Waals surface area (Å²) in [6.45, 7) is 5.76. The average Bonchev–Trinajstić information content (AvgIpc) is 2.77. The van der Waals surface area contributed by atoms with Gasteiger partial charge in [-0.25, -0.2) is 0 Å². The van der Waals surface area contributed by atoms with E-state index in [9.17, 15) is 9.90 Å². The fourth-order valence-electron chi connectivity index (χ4n) is 4.38. The zero-order valence-corrected chi connectivity index (χ0v) is 13.7. The van der Waals surface area contributed by atoms with Gasteiger partial charge >= 0.3 is 5.97 Å². The molecule has 0 aromatic carbocycles. The number of hydrogen-bond donors (Lipinski definition) is 2. The van der Waals surface area contributed by atoms with Crippen LogP contribution in [0.25, 0.3) is 0 Å². The number of likely N-dealkylation sites (N-methyl/N-ethyl adjacent to an activating group) is 1. The minimum absolute atomic E-state index is 0.283. The molecule has 1 heterocycles. The normalized spacial score (nSPS) is 34.8. The summed E-state index contributed by atoms with van der Waals surface area (Å²) in [6, 6.07) is 0. The van der Waals surface area contributed by atoms with E-state index in [-0.39, 0.29) is 5.92 Å². The Morgan fingerprint density at radius 1 is 1.29 bits per heavy atom. The largest absolute Gasteiger partial charge is 0.480 e. The van der Waals surface area contributed by atoms with Crippen molar-refractivity contribution in [1.82, 2.24) is 10.2 Å². The number of carboxylic acids is 1. The van der Waals surface area contributed by atoms with Crippen LogP contribution in [0.1, 0.15) is 58.3 Å². The second kappa shape index (κ2) is 7.59. The maximum absolute atomic E-state index is 11.7. The standard InChI is InChI=1S/C17H32N2O2/c1-3-14-6-5-11-19(12-8-14)13-9-15-7-4-10-17(15,18-2)16(20)21/h14-15,18H,3-13H2,1-2H3,(H,20,21). The van der Waals surface area contributed by atoms with E-state index in [4.69, 9.17) is 0 Å². The average molecular weight is 296 g/mol. The van der Waals surface area contributed by atoms with E-state index in [1.807, 2.05) is 7.05 Å². The van der Waals surface area contributed by atoms with E-state index in [1.165, 1.54) is 38.8 Å². The van der Waals surface area contributed by atoms with Gasteiger partial charge in [-0.05, 0) is 77.0 Å². The molecule has 2 rings (SSSR count). The lowest BCUT2D eigenvalue weighted by molar-refractivity contribution is -0.146. The first-order valence-electron chi connectivity index (χ1n) is 8.77. The Hall–Kier alpha value is -0.610. The van der Waals surface area contributed by atoms with Gasteiger partial charge in [0.2, 0.25) is 0 Å². The first-order chi connectivity index (χ1) is 10.1. The lowest BCUT2D eigenvalue weighted by atomic mass is 9.84. The van der Waals surface area contributed by atoms with Crippen LogP contribution in [0.5, 0.6) is 0 Å². The first-order valence-corrected chi connectivity index (χ1v) is 8.77. The zero-order valence-electron chi connectivity index (χ0n) is 13.7. The summed E-state index contributed by atoms with van der Waals surface area (Å²) in [6.07, 6.45) is 9.18. The molecule has 1 saturated heterocycles. The van der Waals surface area contributed by atoms with Gasteiger partial charge in [0, 0.05) is 0 Å². The molecular weight excluding hydrogens is 264 g/mol.